The molecule has 0 saturated heterocycles. The molecule has 0 aliphatic rings. The van der Waals surface area contributed by atoms with E-state index in [-0.39, 0.29) is 25.3 Å². The normalized spacial score (nSPS) is 10.3. The molecule has 0 aliphatic carbocycles. The third-order valence-corrected chi connectivity index (χ3v) is 6.70. The molecule has 4 aromatic carbocycles. The first-order valence-corrected chi connectivity index (χ1v) is 13.2. The van der Waals surface area contributed by atoms with E-state index in [2.05, 4.69) is 20.8 Å². The van der Waals surface area contributed by atoms with Crippen LogP contribution in [0.1, 0.15) is 5.56 Å². The van der Waals surface area contributed by atoms with Gasteiger partial charge in [0.25, 0.3) is 0 Å². The fourth-order valence-corrected chi connectivity index (χ4v) is 4.55. The molecule has 0 saturated carbocycles. The number of aromatic nitrogens is 2. The molecule has 0 bridgehead atoms. The predicted octanol–water partition coefficient (Wildman–Crippen LogP) is 7.36. The minimum absolute atomic E-state index is 0. The van der Waals surface area contributed by atoms with Gasteiger partial charge in [-0.3, -0.25) is 9.97 Å². The van der Waals surface area contributed by atoms with Gasteiger partial charge in [0.05, 0.1) is 10.4 Å². The van der Waals surface area contributed by atoms with Crippen molar-refractivity contribution in [1.82, 2.24) is 9.97 Å². The average Bonchev–Trinajstić information content (AvgIpc) is 2.95. The van der Waals surface area contributed by atoms with Gasteiger partial charge in [0.2, 0.25) is 0 Å². The van der Waals surface area contributed by atoms with E-state index in [1.807, 2.05) is 55.5 Å². The average molecular weight is 626 g/mol. The van der Waals surface area contributed by atoms with Crippen LogP contribution in [0.5, 0.6) is 5.75 Å². The van der Waals surface area contributed by atoms with Gasteiger partial charge in [-0.15, -0.1) is 17.8 Å². The van der Waals surface area contributed by atoms with Crippen molar-refractivity contribution in [2.24, 2.45) is 0 Å². The number of hydrogen-bond donors (Lipinski definition) is 1. The Labute approximate surface area is 242 Å². The van der Waals surface area contributed by atoms with Crippen LogP contribution in [0.4, 0.5) is 5.69 Å². The molecule has 0 spiro atoms. The molecule has 8 heteroatoms. The molecular formula is C31H25N3O3PdS. The molecule has 2 aromatic heterocycles. The zero-order chi connectivity index (χ0) is 26.8. The van der Waals surface area contributed by atoms with Crippen molar-refractivity contribution in [3.63, 3.8) is 0 Å². The molecule has 6 rings (SSSR count). The molecule has 0 atom stereocenters. The summed E-state index contributed by atoms with van der Waals surface area (Å²) in [5, 5.41) is 11.2. The van der Waals surface area contributed by atoms with Crippen LogP contribution in [0.3, 0.4) is 0 Å². The number of sulfonamides is 1. The summed E-state index contributed by atoms with van der Waals surface area (Å²) in [4.78, 5) is 8.40. The van der Waals surface area contributed by atoms with Gasteiger partial charge in [-0.05, 0) is 48.0 Å². The van der Waals surface area contributed by atoms with Crippen molar-refractivity contribution < 1.29 is 33.9 Å². The number of phenolic OH excluding ortho intramolecular Hbond substituents is 1. The third kappa shape index (κ3) is 8.20. The van der Waals surface area contributed by atoms with E-state index in [1.54, 1.807) is 79.3 Å². The van der Waals surface area contributed by atoms with Crippen molar-refractivity contribution in [2.45, 2.75) is 11.8 Å². The van der Waals surface area contributed by atoms with Crippen LogP contribution in [0.25, 0.3) is 26.4 Å². The number of nitrogens with zero attached hydrogens (tertiary/aromatic N) is 3. The van der Waals surface area contributed by atoms with Crippen molar-refractivity contribution in [1.29, 1.82) is 0 Å². The zero-order valence-corrected chi connectivity index (χ0v) is 23.3. The van der Waals surface area contributed by atoms with Gasteiger partial charge in [-0.1, -0.05) is 60.2 Å². The molecule has 2 heterocycles. The fourth-order valence-electron chi connectivity index (χ4n) is 3.55. The van der Waals surface area contributed by atoms with Gasteiger partial charge in [0, 0.05) is 29.7 Å². The minimum atomic E-state index is -3.79. The topological polar surface area (TPSA) is 94.2 Å². The van der Waals surface area contributed by atoms with Gasteiger partial charge in [0.1, 0.15) is 10.0 Å². The standard InChI is InChI=1S/C20H15N2O2S.C6H5O.C5H5N.Pd/c1-14-7-11-17(12-8-14)25(23,24)22-18-6-2-4-15-9-10-16-5-3-13-21-20(16)19(15)18;7-6-4-2-1-3-5-6;1-2-4-6-5-3-1;/h2-13H,1H3;2-5,7H;1-5H;/q2*-1;;+2. The Morgan fingerprint density at radius 3 is 2.00 bits per heavy atom. The van der Waals surface area contributed by atoms with Crippen LogP contribution in [-0.2, 0) is 30.4 Å². The van der Waals surface area contributed by atoms with E-state index in [4.69, 9.17) is 5.11 Å². The molecule has 6 nitrogen and oxygen atoms in total. The van der Waals surface area contributed by atoms with Crippen molar-refractivity contribution in [2.75, 3.05) is 0 Å². The smallest absolute Gasteiger partial charge is 0.572 e. The first kappa shape index (κ1) is 29.5. The maximum atomic E-state index is 12.7. The van der Waals surface area contributed by atoms with Crippen LogP contribution in [0, 0.1) is 13.0 Å². The number of aryl methyl sites for hydroxylation is 1. The summed E-state index contributed by atoms with van der Waals surface area (Å²) in [7, 11) is -3.79. The third-order valence-electron chi connectivity index (χ3n) is 5.40. The molecule has 0 amide bonds. The second-order valence-corrected chi connectivity index (χ2v) is 9.78. The van der Waals surface area contributed by atoms with Crippen LogP contribution in [0.2, 0.25) is 0 Å². The molecular weight excluding hydrogens is 601 g/mol. The fraction of sp³-hybridized carbons (Fsp3) is 0.0323. The van der Waals surface area contributed by atoms with E-state index in [0.29, 0.717) is 11.4 Å². The summed E-state index contributed by atoms with van der Waals surface area (Å²) in [5.41, 5.74) is 2.15. The summed E-state index contributed by atoms with van der Waals surface area (Å²) >= 11 is 0. The van der Waals surface area contributed by atoms with Crippen LogP contribution in [0.15, 0.2) is 133 Å². The number of pyridine rings is 2. The predicted molar refractivity (Wildman–Crippen MR) is 152 cm³/mol. The number of aromatic hydroxyl groups is 1. The number of phenols is 1. The quantitative estimate of drug-likeness (QED) is 0.126. The molecule has 6 aromatic rings. The first-order valence-electron chi connectivity index (χ1n) is 11.8. The van der Waals surface area contributed by atoms with Crippen molar-refractivity contribution >= 4 is 37.4 Å². The largest absolute Gasteiger partial charge is 2.00 e. The maximum Gasteiger partial charge on any atom is 2.00 e. The van der Waals surface area contributed by atoms with Gasteiger partial charge in [0.15, 0.2) is 0 Å². The van der Waals surface area contributed by atoms with Crippen molar-refractivity contribution in [3.8, 4) is 5.75 Å². The second kappa shape index (κ2) is 14.2. The zero-order valence-electron chi connectivity index (χ0n) is 21.0. The Kier molecular flexibility index (Phi) is 10.7. The Balaban J connectivity index is 0.000000246. The van der Waals surface area contributed by atoms with Crippen LogP contribution >= 0.6 is 0 Å². The van der Waals surface area contributed by atoms with E-state index in [9.17, 15) is 8.42 Å². The number of fused-ring (bicyclic) bond motifs is 3. The molecule has 0 radical (unpaired) electrons. The van der Waals surface area contributed by atoms with E-state index in [1.165, 1.54) is 0 Å². The molecule has 0 unspecified atom stereocenters. The monoisotopic (exact) mass is 625 g/mol. The maximum absolute atomic E-state index is 12.7. The molecule has 1 N–H and O–H groups in total. The van der Waals surface area contributed by atoms with Gasteiger partial charge in [-0.2, -0.15) is 18.2 Å². The SMILES string of the molecule is Cc1ccc(S(=O)(=O)[N-]c2cccc3ccc4cccnc4c23)cc1.Oc1cc[c-]cc1.[Pd+2].c1ccncc1. The van der Waals surface area contributed by atoms with Crippen LogP contribution in [-0.4, -0.2) is 23.5 Å². The van der Waals surface area contributed by atoms with E-state index in [0.717, 1.165) is 27.2 Å². The van der Waals surface area contributed by atoms with Gasteiger partial charge in [-0.25, -0.2) is 8.42 Å². The van der Waals surface area contributed by atoms with Crippen LogP contribution < -0.4 is 0 Å². The summed E-state index contributed by atoms with van der Waals surface area (Å²) in [6.45, 7) is 1.91. The molecule has 0 aliphatic heterocycles. The summed E-state index contributed by atoms with van der Waals surface area (Å²) in [5.74, 6) is 0.291. The minimum Gasteiger partial charge on any atom is -0.572 e. The summed E-state index contributed by atoms with van der Waals surface area (Å²) in [6, 6.07) is 34.9. The van der Waals surface area contributed by atoms with Crippen molar-refractivity contribution in [3.05, 3.63) is 144 Å². The Bertz CT molecular complexity index is 1690. The number of rotatable bonds is 3. The Hall–Kier alpha value is -4.09. The summed E-state index contributed by atoms with van der Waals surface area (Å²) < 4.78 is 29.5. The Morgan fingerprint density at radius 2 is 1.41 bits per heavy atom. The number of benzene rings is 4. The van der Waals surface area contributed by atoms with E-state index < -0.39 is 10.0 Å². The molecule has 198 valence electrons. The van der Waals surface area contributed by atoms with E-state index >= 15 is 0 Å². The van der Waals surface area contributed by atoms with Gasteiger partial charge < -0.3 is 9.83 Å². The molecule has 39 heavy (non-hydrogen) atoms. The second-order valence-electron chi connectivity index (χ2n) is 8.18. The Morgan fingerprint density at radius 1 is 0.744 bits per heavy atom. The molecule has 0 fully saturated rings. The van der Waals surface area contributed by atoms with Gasteiger partial charge >= 0.3 is 20.4 Å². The summed E-state index contributed by atoms with van der Waals surface area (Å²) in [6.07, 6.45) is 5.20. The first-order chi connectivity index (χ1) is 18.4. The number of hydrogen-bond acceptors (Lipinski definition) is 5.